The molecule has 0 saturated carbocycles. The van der Waals surface area contributed by atoms with Gasteiger partial charge in [-0.1, -0.05) is 71.0 Å². The molecule has 6 atom stereocenters. The molecule has 0 radical (unpaired) electrons. The number of Topliss-reactive ketones (excluding diaryl/α,β-unsaturated/α-hetero) is 1. The molecule has 0 aliphatic rings. The van der Waals surface area contributed by atoms with Crippen LogP contribution in [0.1, 0.15) is 96.3 Å². The number of alkyl halides is 3. The van der Waals surface area contributed by atoms with Gasteiger partial charge in [-0.15, -0.1) is 0 Å². The van der Waals surface area contributed by atoms with E-state index in [0.29, 0.717) is 11.1 Å². The number of non-ortho nitro benzene ring substituents is 1. The highest BCUT2D eigenvalue weighted by Gasteiger charge is 2.42. The monoisotopic (exact) mass is 1050 g/mol. The van der Waals surface area contributed by atoms with E-state index in [1.807, 2.05) is 5.32 Å². The molecule has 24 nitrogen and oxygen atoms in total. The lowest BCUT2D eigenvalue weighted by Gasteiger charge is -2.34. The second kappa shape index (κ2) is 28.3. The highest BCUT2D eigenvalue weighted by Crippen LogP contribution is 2.24. The van der Waals surface area contributed by atoms with Crippen LogP contribution in [0.2, 0.25) is 0 Å². The maximum absolute atomic E-state index is 14.4. The number of halogens is 3. The fourth-order valence-electron chi connectivity index (χ4n) is 6.97. The average molecular weight is 1050 g/mol. The lowest BCUT2D eigenvalue weighted by molar-refractivity contribution is -0.384. The summed E-state index contributed by atoms with van der Waals surface area (Å²) in [5.41, 5.74) is -0.222. The van der Waals surface area contributed by atoms with Crippen molar-refractivity contribution in [3.05, 3.63) is 75.3 Å². The number of aliphatic carboxylic acids is 3. The van der Waals surface area contributed by atoms with E-state index >= 15 is 0 Å². The van der Waals surface area contributed by atoms with Gasteiger partial charge >= 0.3 is 24.1 Å². The topological polar surface area (TPSA) is 376 Å². The molecule has 0 aliphatic carbocycles. The van der Waals surface area contributed by atoms with E-state index in [1.54, 1.807) is 45.0 Å². The minimum Gasteiger partial charge on any atom is -0.481 e. The molecule has 7 amide bonds. The van der Waals surface area contributed by atoms with Crippen LogP contribution in [0, 0.1) is 28.4 Å². The van der Waals surface area contributed by atoms with Crippen molar-refractivity contribution in [3.8, 4) is 0 Å². The zero-order chi connectivity index (χ0) is 56.2. The van der Waals surface area contributed by atoms with E-state index in [0.717, 1.165) is 12.1 Å². The first-order chi connectivity index (χ1) is 34.3. The average Bonchev–Trinajstić information content (AvgIpc) is 3.28. The number of amides is 7. The van der Waals surface area contributed by atoms with Gasteiger partial charge in [0.1, 0.15) is 36.3 Å². The number of nitrogens with one attached hydrogen (secondary N) is 7. The molecule has 10 N–H and O–H groups in total. The lowest BCUT2D eigenvalue weighted by atomic mass is 9.85. The van der Waals surface area contributed by atoms with Crippen molar-refractivity contribution in [2.45, 2.75) is 142 Å². The number of carbonyl (C=O) groups excluding carboxylic acids is 8. The van der Waals surface area contributed by atoms with Gasteiger partial charge in [0.2, 0.25) is 41.2 Å². The molecule has 2 aromatic carbocycles. The molecule has 2 aromatic rings. The smallest absolute Gasteiger partial charge is 0.391 e. The summed E-state index contributed by atoms with van der Waals surface area (Å²) in [5.74, 6) is -15.1. The molecule has 0 aliphatic heterocycles. The number of aryl methyl sites for hydroxylation is 1. The summed E-state index contributed by atoms with van der Waals surface area (Å²) in [5, 5.41) is 54.4. The van der Waals surface area contributed by atoms with E-state index in [1.165, 1.54) is 32.9 Å². The van der Waals surface area contributed by atoms with Gasteiger partial charge in [0.15, 0.2) is 0 Å². The van der Waals surface area contributed by atoms with Crippen LogP contribution < -0.4 is 37.2 Å². The van der Waals surface area contributed by atoms with Gasteiger partial charge in [-0.2, -0.15) is 13.2 Å². The number of carboxylic acids is 3. The van der Waals surface area contributed by atoms with E-state index in [2.05, 4.69) is 31.9 Å². The van der Waals surface area contributed by atoms with Crippen molar-refractivity contribution >= 4 is 70.7 Å². The molecule has 27 heteroatoms. The van der Waals surface area contributed by atoms with Crippen LogP contribution in [0.5, 0.6) is 0 Å². The van der Waals surface area contributed by atoms with Gasteiger partial charge in [-0.3, -0.25) is 62.9 Å². The Bertz CT molecular complexity index is 2410. The Labute approximate surface area is 421 Å². The van der Waals surface area contributed by atoms with Crippen LogP contribution in [0.25, 0.3) is 0 Å². The zero-order valence-electron chi connectivity index (χ0n) is 41.3. The number of carboxylic acid groups (broad SMARTS) is 3. The van der Waals surface area contributed by atoms with Crippen LogP contribution in [-0.4, -0.2) is 128 Å². The number of ketones is 1. The lowest BCUT2D eigenvalue weighted by Crippen LogP contribution is -2.62. The Hall–Kier alpha value is -8.00. The summed E-state index contributed by atoms with van der Waals surface area (Å²) in [6, 6.07) is 0.0418. The third-order valence-corrected chi connectivity index (χ3v) is 10.8. The van der Waals surface area contributed by atoms with E-state index in [-0.39, 0.29) is 24.1 Å². The summed E-state index contributed by atoms with van der Waals surface area (Å²) < 4.78 is 41.5. The highest BCUT2D eigenvalue weighted by atomic mass is 19.4. The van der Waals surface area contributed by atoms with E-state index in [9.17, 15) is 86.2 Å². The third-order valence-electron chi connectivity index (χ3n) is 10.8. The summed E-state index contributed by atoms with van der Waals surface area (Å²) in [7, 11) is 0. The molecule has 0 heterocycles. The Morgan fingerprint density at radius 3 is 1.69 bits per heavy atom. The number of nitrogens with zero attached hydrogens (tertiary/aromatic N) is 1. The number of hydrogen-bond acceptors (Lipinski definition) is 13. The van der Waals surface area contributed by atoms with Crippen molar-refractivity contribution in [2.24, 2.45) is 11.3 Å². The summed E-state index contributed by atoms with van der Waals surface area (Å²) in [6.07, 6.45) is -11.5. The first-order valence-electron chi connectivity index (χ1n) is 22.9. The van der Waals surface area contributed by atoms with Crippen molar-refractivity contribution in [3.63, 3.8) is 0 Å². The number of benzene rings is 2. The predicted molar refractivity (Wildman–Crippen MR) is 252 cm³/mol. The van der Waals surface area contributed by atoms with Gasteiger partial charge < -0.3 is 52.5 Å². The van der Waals surface area contributed by atoms with Gasteiger partial charge in [0.05, 0.1) is 24.2 Å². The third kappa shape index (κ3) is 22.2. The van der Waals surface area contributed by atoms with Crippen LogP contribution in [0.3, 0.4) is 0 Å². The maximum atomic E-state index is 14.4. The van der Waals surface area contributed by atoms with Crippen LogP contribution in [-0.2, 0) is 65.7 Å². The first-order valence-corrected chi connectivity index (χ1v) is 22.9. The number of nitro groups is 1. The first kappa shape index (κ1) is 62.1. The molecule has 1 unspecified atom stereocenters. The van der Waals surface area contributed by atoms with Crippen molar-refractivity contribution in [1.29, 1.82) is 0 Å². The quantitative estimate of drug-likeness (QED) is 0.0313. The highest BCUT2D eigenvalue weighted by molar-refractivity contribution is 6.38. The fourth-order valence-corrected chi connectivity index (χ4v) is 6.97. The predicted octanol–water partition coefficient (Wildman–Crippen LogP) is 1.49. The second-order valence-corrected chi connectivity index (χ2v) is 18.6. The molecule has 406 valence electrons. The van der Waals surface area contributed by atoms with Gasteiger partial charge in [-0.05, 0) is 47.8 Å². The van der Waals surface area contributed by atoms with Gasteiger partial charge in [0, 0.05) is 37.9 Å². The van der Waals surface area contributed by atoms with E-state index in [4.69, 9.17) is 5.11 Å². The Morgan fingerprint density at radius 2 is 1.16 bits per heavy atom. The summed E-state index contributed by atoms with van der Waals surface area (Å²) in [4.78, 5) is 153. The van der Waals surface area contributed by atoms with Crippen LogP contribution in [0.15, 0.2) is 48.5 Å². The molecular formula is C47H61F3N8O16. The van der Waals surface area contributed by atoms with Crippen molar-refractivity contribution in [2.75, 3.05) is 0 Å². The summed E-state index contributed by atoms with van der Waals surface area (Å²) >= 11 is 0. The number of nitro benzene ring substituents is 1. The second-order valence-electron chi connectivity index (χ2n) is 18.6. The molecule has 0 bridgehead atoms. The minimum atomic E-state index is -5.11. The molecule has 2 rings (SSSR count). The molecule has 0 spiro atoms. The van der Waals surface area contributed by atoms with E-state index < -0.39 is 169 Å². The molecule has 74 heavy (non-hydrogen) atoms. The summed E-state index contributed by atoms with van der Waals surface area (Å²) in [6.45, 7) is 8.88. The molecule has 0 aromatic heterocycles. The maximum Gasteiger partial charge on any atom is 0.391 e. The number of carbonyl (C=O) groups is 11. The number of hydrogen-bond donors (Lipinski definition) is 10. The van der Waals surface area contributed by atoms with Crippen molar-refractivity contribution in [1.82, 2.24) is 37.2 Å². The minimum absolute atomic E-state index is 0.241. The SMILES string of the molecule is Cc1ccccc1C[C@H](NC(=O)[C@H](CCC(=O)O)NC(=O)[C@H](CC(=O)O)NC(=O)CCC(=O)O)C(=O)N[C@H](C(=O)N[C@@H](CC(C)C)C(=O)NC(CC(F)(F)F)C(=O)C(=O)NCc1ccc([N+](=O)[O-])cc1)C(C)(C)C. The molecular weight excluding hydrogens is 990 g/mol. The van der Waals surface area contributed by atoms with Gasteiger partial charge in [-0.25, -0.2) is 0 Å². The van der Waals surface area contributed by atoms with Crippen molar-refractivity contribution < 1.29 is 86.2 Å². The Kier molecular flexibility index (Phi) is 23.8. The Morgan fingerprint density at radius 1 is 0.635 bits per heavy atom. The largest absolute Gasteiger partial charge is 0.481 e. The standard InChI is InChI=1S/C47H61F3N8O16/c1-24(2)19-30(41(68)56-33(22-47(48,49)50)38(66)44(71)51-23-26-11-13-28(14-12-26)58(73)74)55-45(72)39(46(4,5)6)57-43(70)31(20-27-10-8-7-9-25(27)3)54-40(67)29(15-17-35(60)61)53-42(69)32(21-37(64)65)52-34(59)16-18-36(62)63/h7-14,24,29-33,39H,15-23H2,1-6H3,(H,51,71)(H,52,59)(H,53,69)(H,54,67)(H,55,72)(H,56,68)(H,57,70)(H,60,61)(H,62,63)(H,64,65)/t29-,30-,31-,32-,33?,39+/m0/s1. The zero-order valence-corrected chi connectivity index (χ0v) is 41.3. The molecule has 0 fully saturated rings. The number of rotatable bonds is 29. The van der Waals surface area contributed by atoms with Gasteiger partial charge in [0.25, 0.3) is 11.6 Å². The van der Waals surface area contributed by atoms with Crippen LogP contribution >= 0.6 is 0 Å². The normalized spacial score (nSPS) is 13.8. The molecule has 0 saturated heterocycles. The fraction of sp³-hybridized carbons (Fsp3) is 0.511. The van der Waals surface area contributed by atoms with Crippen LogP contribution in [0.4, 0.5) is 18.9 Å². The Balaban J connectivity index is 2.48.